The molecule has 2 aromatic rings. The molecule has 0 heterocycles. The standard InChI is InChI=1S/C19H12Br2O2/c20-14-11-15(22)19(21)17(16(14)23)18(19,12-7-3-1-4-8-12)13-9-5-2-6-10-13/h1-11,17H. The highest BCUT2D eigenvalue weighted by Gasteiger charge is 2.83. The number of fused-ring (bicyclic) bond motifs is 1. The van der Waals surface area contributed by atoms with Crippen LogP contribution in [-0.2, 0) is 15.0 Å². The molecule has 0 spiro atoms. The van der Waals surface area contributed by atoms with E-state index in [1.54, 1.807) is 0 Å². The van der Waals surface area contributed by atoms with Crippen LogP contribution in [0.4, 0.5) is 0 Å². The van der Waals surface area contributed by atoms with E-state index in [4.69, 9.17) is 0 Å². The summed E-state index contributed by atoms with van der Waals surface area (Å²) in [4.78, 5) is 25.6. The fourth-order valence-electron chi connectivity index (χ4n) is 3.90. The van der Waals surface area contributed by atoms with Crippen molar-refractivity contribution >= 4 is 43.4 Å². The zero-order chi connectivity index (χ0) is 16.2. The third kappa shape index (κ3) is 1.74. The maximum Gasteiger partial charge on any atom is 0.176 e. The highest BCUT2D eigenvalue weighted by molar-refractivity contribution is 9.12. The second kappa shape index (κ2) is 4.99. The molecule has 2 aliphatic carbocycles. The van der Waals surface area contributed by atoms with Gasteiger partial charge < -0.3 is 0 Å². The average Bonchev–Trinajstić information content (AvgIpc) is 3.18. The van der Waals surface area contributed by atoms with Crippen LogP contribution in [0.2, 0.25) is 0 Å². The number of hydrogen-bond acceptors (Lipinski definition) is 2. The summed E-state index contributed by atoms with van der Waals surface area (Å²) in [5.41, 5.74) is 1.28. The molecule has 23 heavy (non-hydrogen) atoms. The van der Waals surface area contributed by atoms with E-state index in [1.165, 1.54) is 6.08 Å². The van der Waals surface area contributed by atoms with Gasteiger partial charge in [0.25, 0.3) is 0 Å². The fraction of sp³-hybridized carbons (Fsp3) is 0.158. The summed E-state index contributed by atoms with van der Waals surface area (Å²) in [6, 6.07) is 19.6. The van der Waals surface area contributed by atoms with Crippen LogP contribution in [0.15, 0.2) is 71.2 Å². The van der Waals surface area contributed by atoms with E-state index in [9.17, 15) is 9.59 Å². The maximum atomic E-state index is 12.8. The van der Waals surface area contributed by atoms with E-state index < -0.39 is 15.7 Å². The third-order valence-electron chi connectivity index (χ3n) is 4.89. The molecular weight excluding hydrogens is 420 g/mol. The minimum absolute atomic E-state index is 0.0332. The number of carbonyl (C=O) groups is 2. The van der Waals surface area contributed by atoms with Gasteiger partial charge >= 0.3 is 0 Å². The molecule has 2 nitrogen and oxygen atoms in total. The molecule has 1 saturated carbocycles. The Kier molecular flexibility index (Phi) is 3.26. The average molecular weight is 432 g/mol. The molecule has 0 bridgehead atoms. The van der Waals surface area contributed by atoms with Crippen LogP contribution in [0.5, 0.6) is 0 Å². The van der Waals surface area contributed by atoms with E-state index in [0.29, 0.717) is 4.48 Å². The van der Waals surface area contributed by atoms with Gasteiger partial charge in [0.15, 0.2) is 11.6 Å². The summed E-state index contributed by atoms with van der Waals surface area (Å²) in [7, 11) is 0. The normalized spacial score (nSPS) is 28.1. The fourth-order valence-corrected chi connectivity index (χ4v) is 5.58. The molecule has 0 radical (unpaired) electrons. The molecule has 2 atom stereocenters. The van der Waals surface area contributed by atoms with Gasteiger partial charge in [0.2, 0.25) is 0 Å². The molecule has 114 valence electrons. The van der Waals surface area contributed by atoms with E-state index in [0.717, 1.165) is 11.1 Å². The number of halogens is 2. The maximum absolute atomic E-state index is 12.8. The van der Waals surface area contributed by atoms with E-state index in [1.807, 2.05) is 60.7 Å². The van der Waals surface area contributed by atoms with E-state index in [-0.39, 0.29) is 11.6 Å². The monoisotopic (exact) mass is 430 g/mol. The molecule has 2 unspecified atom stereocenters. The number of allylic oxidation sites excluding steroid dienone is 2. The van der Waals surface area contributed by atoms with Gasteiger partial charge in [-0.15, -0.1) is 0 Å². The van der Waals surface area contributed by atoms with Crippen LogP contribution >= 0.6 is 31.9 Å². The van der Waals surface area contributed by atoms with E-state index >= 15 is 0 Å². The topological polar surface area (TPSA) is 34.1 Å². The summed E-state index contributed by atoms with van der Waals surface area (Å²) >= 11 is 6.91. The summed E-state index contributed by atoms with van der Waals surface area (Å²) in [5.74, 6) is -0.539. The van der Waals surface area contributed by atoms with Gasteiger partial charge in [0, 0.05) is 6.08 Å². The number of carbonyl (C=O) groups excluding carboxylic acids is 2. The van der Waals surface area contributed by atoms with Crippen LogP contribution in [0, 0.1) is 5.92 Å². The quantitative estimate of drug-likeness (QED) is 0.669. The molecule has 0 N–H and O–H groups in total. The summed E-state index contributed by atoms with van der Waals surface area (Å²) in [5, 5.41) is 0. The molecule has 2 aromatic carbocycles. The minimum Gasteiger partial charge on any atom is -0.293 e. The second-order valence-corrected chi connectivity index (χ2v) is 8.01. The van der Waals surface area contributed by atoms with Crippen molar-refractivity contribution in [2.75, 3.05) is 0 Å². The Labute approximate surface area is 150 Å². The van der Waals surface area contributed by atoms with Gasteiger partial charge in [-0.1, -0.05) is 76.6 Å². The zero-order valence-electron chi connectivity index (χ0n) is 12.0. The van der Waals surface area contributed by atoms with Crippen molar-refractivity contribution in [2.24, 2.45) is 5.92 Å². The number of rotatable bonds is 2. The molecule has 0 aromatic heterocycles. The van der Waals surface area contributed by atoms with Gasteiger partial charge in [-0.05, 0) is 27.1 Å². The smallest absolute Gasteiger partial charge is 0.176 e. The lowest BCUT2D eigenvalue weighted by atomic mass is 9.83. The van der Waals surface area contributed by atoms with Crippen LogP contribution in [0.25, 0.3) is 0 Å². The molecule has 4 heteroatoms. The Balaban J connectivity index is 2.02. The first kappa shape index (κ1) is 15.0. The van der Waals surface area contributed by atoms with Crippen molar-refractivity contribution in [3.63, 3.8) is 0 Å². The van der Waals surface area contributed by atoms with Crippen LogP contribution in [0.1, 0.15) is 11.1 Å². The zero-order valence-corrected chi connectivity index (χ0v) is 15.2. The lowest BCUT2D eigenvalue weighted by Crippen LogP contribution is -2.28. The molecule has 0 aliphatic heterocycles. The van der Waals surface area contributed by atoms with Gasteiger partial charge in [-0.3, -0.25) is 9.59 Å². The molecule has 0 amide bonds. The predicted octanol–water partition coefficient (Wildman–Crippen LogP) is 4.17. The van der Waals surface area contributed by atoms with Crippen molar-refractivity contribution in [2.45, 2.75) is 9.74 Å². The van der Waals surface area contributed by atoms with Crippen molar-refractivity contribution < 1.29 is 9.59 Å². The number of alkyl halides is 1. The van der Waals surface area contributed by atoms with Gasteiger partial charge in [0.05, 0.1) is 15.8 Å². The van der Waals surface area contributed by atoms with Crippen molar-refractivity contribution in [1.82, 2.24) is 0 Å². The van der Waals surface area contributed by atoms with Gasteiger partial charge in [-0.25, -0.2) is 0 Å². The number of benzene rings is 2. The summed E-state index contributed by atoms with van der Waals surface area (Å²) in [6.45, 7) is 0. The highest BCUT2D eigenvalue weighted by atomic mass is 79.9. The molecular formula is C19H12Br2O2. The van der Waals surface area contributed by atoms with Crippen molar-refractivity contribution in [1.29, 1.82) is 0 Å². The van der Waals surface area contributed by atoms with Gasteiger partial charge in [-0.2, -0.15) is 0 Å². The minimum atomic E-state index is -0.906. The Bertz CT molecular complexity index is 803. The Hall–Kier alpha value is -1.52. The van der Waals surface area contributed by atoms with Crippen molar-refractivity contribution in [3.8, 4) is 0 Å². The second-order valence-electron chi connectivity index (χ2n) is 5.91. The number of hydrogen-bond donors (Lipinski definition) is 0. The Morgan fingerprint density at radius 2 is 1.30 bits per heavy atom. The molecule has 4 rings (SSSR count). The first-order valence-corrected chi connectivity index (χ1v) is 8.89. The first-order chi connectivity index (χ1) is 11.0. The first-order valence-electron chi connectivity index (χ1n) is 7.30. The molecule has 1 fully saturated rings. The lowest BCUT2D eigenvalue weighted by Gasteiger charge is -2.21. The Morgan fingerprint density at radius 3 is 1.78 bits per heavy atom. The summed E-state index contributed by atoms with van der Waals surface area (Å²) < 4.78 is -0.548. The third-order valence-corrected chi connectivity index (χ3v) is 6.99. The molecule has 2 aliphatic rings. The molecule has 0 saturated heterocycles. The number of Topliss-reactive ketones (excluding diaryl/α,β-unsaturated/α-hetero) is 1. The van der Waals surface area contributed by atoms with Crippen LogP contribution in [-0.4, -0.2) is 15.9 Å². The largest absolute Gasteiger partial charge is 0.293 e. The predicted molar refractivity (Wildman–Crippen MR) is 95.8 cm³/mol. The number of ketones is 2. The van der Waals surface area contributed by atoms with Gasteiger partial charge in [0.1, 0.15) is 4.32 Å². The lowest BCUT2D eigenvalue weighted by molar-refractivity contribution is -0.121. The van der Waals surface area contributed by atoms with Crippen LogP contribution < -0.4 is 0 Å². The van der Waals surface area contributed by atoms with Crippen LogP contribution in [0.3, 0.4) is 0 Å². The Morgan fingerprint density at radius 1 is 0.826 bits per heavy atom. The van der Waals surface area contributed by atoms with E-state index in [2.05, 4.69) is 31.9 Å². The SMILES string of the molecule is O=C1C(Br)=CC(=O)C2(Br)C1C2(c1ccccc1)c1ccccc1. The highest BCUT2D eigenvalue weighted by Crippen LogP contribution is 2.73. The summed E-state index contributed by atoms with van der Waals surface area (Å²) in [6.07, 6.45) is 1.40. The van der Waals surface area contributed by atoms with Crippen molar-refractivity contribution in [3.05, 3.63) is 82.3 Å².